The first kappa shape index (κ1) is 18.5. The van der Waals surface area contributed by atoms with Gasteiger partial charge in [-0.25, -0.2) is 4.98 Å². The Bertz CT molecular complexity index is 1150. The number of thiazole rings is 1. The molecular formula is C18H15N7O3S. The molecule has 2 amide bonds. The number of hydrogen-bond acceptors (Lipinski definition) is 8. The van der Waals surface area contributed by atoms with Crippen molar-refractivity contribution in [2.45, 2.75) is 13.3 Å². The number of pyridine rings is 1. The third kappa shape index (κ3) is 4.35. The Morgan fingerprint density at radius 1 is 1.21 bits per heavy atom. The van der Waals surface area contributed by atoms with Crippen LogP contribution >= 0.6 is 11.3 Å². The van der Waals surface area contributed by atoms with Gasteiger partial charge in [0, 0.05) is 11.6 Å². The minimum atomic E-state index is -0.328. The standard InChI is InChI=1S/C18H15N7O3S/c1-10-12(5-7-28-10)16(27)23-18-20-11(9-29-18)8-14(26)21-17-22-15(24-25-17)13-4-2-3-6-19-13/h2-7,9H,8H2,1H3,(H,20,23,27)(H2,21,22,24,25,26). The fourth-order valence-corrected chi connectivity index (χ4v) is 3.20. The maximum absolute atomic E-state index is 12.2. The van der Waals surface area contributed by atoms with Crippen LogP contribution in [0.1, 0.15) is 21.8 Å². The maximum Gasteiger partial charge on any atom is 0.260 e. The summed E-state index contributed by atoms with van der Waals surface area (Å²) in [5.41, 5.74) is 1.58. The molecule has 10 nitrogen and oxygen atoms in total. The summed E-state index contributed by atoms with van der Waals surface area (Å²) in [6.07, 6.45) is 3.11. The molecule has 4 heterocycles. The number of carbonyl (C=O) groups is 2. The quantitative estimate of drug-likeness (QED) is 0.445. The van der Waals surface area contributed by atoms with Crippen molar-refractivity contribution in [1.29, 1.82) is 0 Å². The van der Waals surface area contributed by atoms with Crippen LogP contribution in [-0.4, -0.2) is 37.0 Å². The molecule has 0 aromatic carbocycles. The average molecular weight is 409 g/mol. The largest absolute Gasteiger partial charge is 0.469 e. The van der Waals surface area contributed by atoms with E-state index >= 15 is 0 Å². The molecule has 0 aliphatic heterocycles. The van der Waals surface area contributed by atoms with E-state index < -0.39 is 0 Å². The number of aryl methyl sites for hydroxylation is 1. The maximum atomic E-state index is 12.2. The van der Waals surface area contributed by atoms with Crippen LogP contribution in [-0.2, 0) is 11.2 Å². The highest BCUT2D eigenvalue weighted by Gasteiger charge is 2.15. The third-order valence-corrected chi connectivity index (χ3v) is 4.67. The van der Waals surface area contributed by atoms with E-state index in [9.17, 15) is 9.59 Å². The zero-order valence-corrected chi connectivity index (χ0v) is 16.0. The lowest BCUT2D eigenvalue weighted by atomic mass is 10.2. The van der Waals surface area contributed by atoms with E-state index in [0.29, 0.717) is 33.7 Å². The van der Waals surface area contributed by atoms with Gasteiger partial charge in [0.25, 0.3) is 5.91 Å². The van der Waals surface area contributed by atoms with Gasteiger partial charge in [0.05, 0.1) is 23.9 Å². The second-order valence-electron chi connectivity index (χ2n) is 5.94. The van der Waals surface area contributed by atoms with E-state index in [2.05, 4.69) is 35.8 Å². The van der Waals surface area contributed by atoms with E-state index in [1.165, 1.54) is 17.6 Å². The zero-order chi connectivity index (χ0) is 20.2. The predicted octanol–water partition coefficient (Wildman–Crippen LogP) is 2.66. The zero-order valence-electron chi connectivity index (χ0n) is 15.2. The highest BCUT2D eigenvalue weighted by molar-refractivity contribution is 7.14. The van der Waals surface area contributed by atoms with Crippen molar-refractivity contribution in [2.75, 3.05) is 10.6 Å². The molecule has 0 bridgehead atoms. The number of aromatic amines is 1. The highest BCUT2D eigenvalue weighted by Crippen LogP contribution is 2.19. The van der Waals surface area contributed by atoms with Crippen LogP contribution in [0.5, 0.6) is 0 Å². The van der Waals surface area contributed by atoms with Gasteiger partial charge in [-0.15, -0.1) is 16.4 Å². The van der Waals surface area contributed by atoms with Crippen molar-refractivity contribution in [3.8, 4) is 11.5 Å². The number of nitrogens with zero attached hydrogens (tertiary/aromatic N) is 4. The van der Waals surface area contributed by atoms with Gasteiger partial charge in [-0.2, -0.15) is 4.98 Å². The first-order valence-corrected chi connectivity index (χ1v) is 9.40. The Labute approximate surface area is 168 Å². The van der Waals surface area contributed by atoms with Crippen LogP contribution < -0.4 is 10.6 Å². The lowest BCUT2D eigenvalue weighted by molar-refractivity contribution is -0.115. The van der Waals surface area contributed by atoms with Gasteiger partial charge >= 0.3 is 0 Å². The highest BCUT2D eigenvalue weighted by atomic mass is 32.1. The van der Waals surface area contributed by atoms with E-state index in [1.807, 2.05) is 6.07 Å². The molecule has 0 spiro atoms. The molecule has 0 atom stereocenters. The average Bonchev–Trinajstić information content (AvgIpc) is 3.44. The molecule has 0 unspecified atom stereocenters. The van der Waals surface area contributed by atoms with E-state index in [0.717, 1.165) is 0 Å². The molecule has 29 heavy (non-hydrogen) atoms. The van der Waals surface area contributed by atoms with Gasteiger partial charge in [-0.1, -0.05) is 6.07 Å². The Hall–Kier alpha value is -3.86. The molecule has 11 heteroatoms. The lowest BCUT2D eigenvalue weighted by Crippen LogP contribution is -2.16. The van der Waals surface area contributed by atoms with Crippen LogP contribution in [0.25, 0.3) is 11.5 Å². The summed E-state index contributed by atoms with van der Waals surface area (Å²) in [7, 11) is 0. The van der Waals surface area contributed by atoms with Crippen molar-refractivity contribution < 1.29 is 14.0 Å². The number of furan rings is 1. The number of rotatable bonds is 6. The van der Waals surface area contributed by atoms with Crippen molar-refractivity contribution >= 4 is 34.2 Å². The number of nitrogens with one attached hydrogen (secondary N) is 3. The summed E-state index contributed by atoms with van der Waals surface area (Å²) in [6, 6.07) is 6.99. The van der Waals surface area contributed by atoms with Crippen molar-refractivity contribution in [1.82, 2.24) is 25.1 Å². The normalized spacial score (nSPS) is 10.7. The van der Waals surface area contributed by atoms with Crippen LogP contribution in [0.15, 0.2) is 46.5 Å². The van der Waals surface area contributed by atoms with Crippen molar-refractivity contribution in [2.24, 2.45) is 0 Å². The van der Waals surface area contributed by atoms with Gasteiger partial charge in [0.15, 0.2) is 11.0 Å². The van der Waals surface area contributed by atoms with Gasteiger partial charge in [-0.3, -0.25) is 30.3 Å². The summed E-state index contributed by atoms with van der Waals surface area (Å²) in [4.78, 5) is 37.0. The third-order valence-electron chi connectivity index (χ3n) is 3.86. The molecule has 4 aromatic rings. The number of H-pyrrole nitrogens is 1. The number of aromatic nitrogens is 5. The van der Waals surface area contributed by atoms with E-state index in [-0.39, 0.29) is 24.2 Å². The van der Waals surface area contributed by atoms with Gasteiger partial charge < -0.3 is 4.42 Å². The SMILES string of the molecule is Cc1occc1C(=O)Nc1nc(CC(=O)Nc2n[nH]c(-c3ccccn3)n2)cs1. The van der Waals surface area contributed by atoms with Crippen molar-refractivity contribution in [3.63, 3.8) is 0 Å². The first-order valence-electron chi connectivity index (χ1n) is 8.52. The Kier molecular flexibility index (Phi) is 5.12. The summed E-state index contributed by atoms with van der Waals surface area (Å²) >= 11 is 1.23. The number of hydrogen-bond donors (Lipinski definition) is 3. The smallest absolute Gasteiger partial charge is 0.260 e. The molecule has 0 saturated heterocycles. The van der Waals surface area contributed by atoms with E-state index in [1.54, 1.807) is 36.7 Å². The minimum absolute atomic E-state index is 0.0184. The molecule has 0 fully saturated rings. The van der Waals surface area contributed by atoms with Crippen LogP contribution in [0, 0.1) is 6.92 Å². The van der Waals surface area contributed by atoms with E-state index in [4.69, 9.17) is 4.42 Å². The number of amides is 2. The van der Waals surface area contributed by atoms with Crippen LogP contribution in [0.2, 0.25) is 0 Å². The fraction of sp³-hybridized carbons (Fsp3) is 0.111. The molecular weight excluding hydrogens is 394 g/mol. The number of carbonyl (C=O) groups excluding carboxylic acids is 2. The summed E-state index contributed by atoms with van der Waals surface area (Å²) < 4.78 is 5.12. The monoisotopic (exact) mass is 409 g/mol. The molecule has 4 rings (SSSR count). The molecule has 0 radical (unpaired) electrons. The lowest BCUT2D eigenvalue weighted by Gasteiger charge is -2.00. The van der Waals surface area contributed by atoms with Crippen LogP contribution in [0.3, 0.4) is 0 Å². The topological polar surface area (TPSA) is 139 Å². The summed E-state index contributed by atoms with van der Waals surface area (Å²) in [5, 5.41) is 14.1. The fourth-order valence-electron chi connectivity index (χ4n) is 2.50. The molecule has 4 aromatic heterocycles. The van der Waals surface area contributed by atoms with Gasteiger partial charge in [0.1, 0.15) is 11.5 Å². The molecule has 3 N–H and O–H groups in total. The molecule has 146 valence electrons. The Balaban J connectivity index is 1.34. The second-order valence-corrected chi connectivity index (χ2v) is 6.79. The summed E-state index contributed by atoms with van der Waals surface area (Å²) in [5.74, 6) is 0.481. The van der Waals surface area contributed by atoms with Gasteiger partial charge in [0.2, 0.25) is 11.9 Å². The minimum Gasteiger partial charge on any atom is -0.469 e. The Morgan fingerprint density at radius 2 is 2.10 bits per heavy atom. The molecule has 0 saturated carbocycles. The first-order chi connectivity index (χ1) is 14.1. The predicted molar refractivity (Wildman–Crippen MR) is 105 cm³/mol. The van der Waals surface area contributed by atoms with Gasteiger partial charge in [-0.05, 0) is 25.1 Å². The van der Waals surface area contributed by atoms with Crippen molar-refractivity contribution in [3.05, 3.63) is 59.1 Å². The Morgan fingerprint density at radius 3 is 2.86 bits per heavy atom. The second kappa shape index (κ2) is 8.02. The molecule has 0 aliphatic rings. The molecule has 0 aliphatic carbocycles. The number of anilines is 2. The summed E-state index contributed by atoms with van der Waals surface area (Å²) in [6.45, 7) is 1.70. The van der Waals surface area contributed by atoms with Crippen LogP contribution in [0.4, 0.5) is 11.1 Å².